The van der Waals surface area contributed by atoms with E-state index in [0.717, 1.165) is 38.5 Å². The summed E-state index contributed by atoms with van der Waals surface area (Å²) >= 11 is 0. The van der Waals surface area contributed by atoms with Gasteiger partial charge in [0.05, 0.1) is 18.7 Å². The summed E-state index contributed by atoms with van der Waals surface area (Å²) < 4.78 is 11.8. The van der Waals surface area contributed by atoms with E-state index in [-0.39, 0.29) is 24.0 Å². The maximum Gasteiger partial charge on any atom is 0.257 e. The molecular formula is C26H32N2O4. The largest absolute Gasteiger partial charge is 0.497 e. The molecule has 0 saturated heterocycles. The third-order valence-electron chi connectivity index (χ3n) is 6.53. The first-order valence-electron chi connectivity index (χ1n) is 11.5. The number of methoxy groups -OCH3 is 1. The maximum atomic E-state index is 13.7. The Kier molecular flexibility index (Phi) is 6.98. The van der Waals surface area contributed by atoms with Gasteiger partial charge in [-0.1, -0.05) is 24.6 Å². The summed E-state index contributed by atoms with van der Waals surface area (Å²) in [6, 6.07) is 14.8. The van der Waals surface area contributed by atoms with Gasteiger partial charge in [-0.05, 0) is 62.4 Å². The summed E-state index contributed by atoms with van der Waals surface area (Å²) in [5.41, 5.74) is 1.22. The molecule has 0 spiro atoms. The van der Waals surface area contributed by atoms with Crippen molar-refractivity contribution in [1.29, 1.82) is 0 Å². The monoisotopic (exact) mass is 436 g/mol. The van der Waals surface area contributed by atoms with E-state index in [4.69, 9.17) is 9.47 Å². The Labute approximate surface area is 190 Å². The van der Waals surface area contributed by atoms with E-state index >= 15 is 0 Å². The highest BCUT2D eigenvalue weighted by Crippen LogP contribution is 2.31. The predicted octanol–water partition coefficient (Wildman–Crippen LogP) is 4.39. The van der Waals surface area contributed by atoms with Crippen molar-refractivity contribution in [3.8, 4) is 11.5 Å². The number of carbonyl (C=O) groups excluding carboxylic acids is 2. The van der Waals surface area contributed by atoms with Gasteiger partial charge >= 0.3 is 0 Å². The first-order chi connectivity index (χ1) is 15.6. The molecule has 2 aromatic rings. The van der Waals surface area contributed by atoms with Crippen LogP contribution in [0.4, 0.5) is 0 Å². The van der Waals surface area contributed by atoms with Gasteiger partial charge in [0.1, 0.15) is 17.6 Å². The van der Waals surface area contributed by atoms with E-state index in [1.165, 1.54) is 0 Å². The number of rotatable bonds is 2. The summed E-state index contributed by atoms with van der Waals surface area (Å²) in [7, 11) is 3.44. The molecular weight excluding hydrogens is 404 g/mol. The van der Waals surface area contributed by atoms with Crippen LogP contribution in [0.2, 0.25) is 0 Å². The molecule has 1 aliphatic heterocycles. The zero-order valence-electron chi connectivity index (χ0n) is 19.0. The van der Waals surface area contributed by atoms with Gasteiger partial charge in [0.25, 0.3) is 11.8 Å². The molecule has 6 nitrogen and oxygen atoms in total. The van der Waals surface area contributed by atoms with Crippen LogP contribution in [-0.2, 0) is 0 Å². The molecule has 1 saturated carbocycles. The molecule has 1 fully saturated rings. The number of amides is 2. The van der Waals surface area contributed by atoms with Crippen LogP contribution in [0.3, 0.4) is 0 Å². The smallest absolute Gasteiger partial charge is 0.257 e. The minimum atomic E-state index is -0.142. The molecule has 0 unspecified atom stereocenters. The fourth-order valence-corrected chi connectivity index (χ4v) is 4.76. The molecule has 32 heavy (non-hydrogen) atoms. The molecule has 1 aliphatic carbocycles. The van der Waals surface area contributed by atoms with Gasteiger partial charge in [-0.25, -0.2) is 0 Å². The summed E-state index contributed by atoms with van der Waals surface area (Å²) in [5.74, 6) is 1.28. The number of fused-ring (bicyclic) bond motifs is 2. The lowest BCUT2D eigenvalue weighted by molar-refractivity contribution is 0.0261. The predicted molar refractivity (Wildman–Crippen MR) is 123 cm³/mol. The lowest BCUT2D eigenvalue weighted by Gasteiger charge is -2.40. The summed E-state index contributed by atoms with van der Waals surface area (Å²) in [4.78, 5) is 30.4. The van der Waals surface area contributed by atoms with Gasteiger partial charge in [0, 0.05) is 25.7 Å². The summed E-state index contributed by atoms with van der Waals surface area (Å²) in [6.45, 7) is 1.28. The van der Waals surface area contributed by atoms with Crippen molar-refractivity contribution in [2.45, 2.75) is 50.7 Å². The van der Waals surface area contributed by atoms with Crippen molar-refractivity contribution >= 4 is 11.8 Å². The molecule has 1 heterocycles. The average Bonchev–Trinajstić information content (AvgIpc) is 2.83. The second-order valence-electron chi connectivity index (χ2n) is 8.67. The fraction of sp³-hybridized carbons (Fsp3) is 0.462. The fourth-order valence-electron chi connectivity index (χ4n) is 4.76. The van der Waals surface area contributed by atoms with Crippen molar-refractivity contribution in [2.75, 3.05) is 27.2 Å². The van der Waals surface area contributed by atoms with Crippen LogP contribution in [0.15, 0.2) is 48.5 Å². The normalized spacial score (nSPS) is 22.0. The number of benzene rings is 2. The van der Waals surface area contributed by atoms with E-state index < -0.39 is 0 Å². The van der Waals surface area contributed by atoms with Crippen molar-refractivity contribution in [3.05, 3.63) is 59.7 Å². The Balaban J connectivity index is 1.69. The van der Waals surface area contributed by atoms with Crippen LogP contribution in [0.25, 0.3) is 0 Å². The van der Waals surface area contributed by atoms with E-state index in [1.807, 2.05) is 54.4 Å². The van der Waals surface area contributed by atoms with Crippen LogP contribution in [0.1, 0.15) is 59.2 Å². The Bertz CT molecular complexity index is 960. The Morgan fingerprint density at radius 3 is 2.62 bits per heavy atom. The SMILES string of the molecule is COc1cccc(C(=O)N2CCCCN(C)C(=O)c3ccccc3O[C@H]3CCCC[C@H]32)c1. The van der Waals surface area contributed by atoms with Crippen molar-refractivity contribution < 1.29 is 19.1 Å². The zero-order chi connectivity index (χ0) is 22.5. The molecule has 2 aliphatic rings. The van der Waals surface area contributed by atoms with Crippen LogP contribution in [-0.4, -0.2) is 61.0 Å². The van der Waals surface area contributed by atoms with Crippen molar-refractivity contribution in [2.24, 2.45) is 0 Å². The minimum Gasteiger partial charge on any atom is -0.497 e. The zero-order valence-corrected chi connectivity index (χ0v) is 19.0. The van der Waals surface area contributed by atoms with E-state index in [9.17, 15) is 9.59 Å². The van der Waals surface area contributed by atoms with Gasteiger partial charge in [-0.2, -0.15) is 0 Å². The minimum absolute atomic E-state index is 0.0131. The molecule has 2 aromatic carbocycles. The van der Waals surface area contributed by atoms with E-state index in [2.05, 4.69) is 0 Å². The van der Waals surface area contributed by atoms with Gasteiger partial charge in [-0.3, -0.25) is 9.59 Å². The topological polar surface area (TPSA) is 59.1 Å². The highest BCUT2D eigenvalue weighted by atomic mass is 16.5. The number of para-hydroxylation sites is 1. The first-order valence-corrected chi connectivity index (χ1v) is 11.5. The molecule has 0 aromatic heterocycles. The molecule has 4 rings (SSSR count). The standard InChI is InChI=1S/C26H32N2O4/c1-27-16-7-8-17-28(25(29)19-10-9-11-20(18-19)31-2)22-13-4-6-15-24(22)32-23-14-5-3-12-21(23)26(27)30/h3,5,9-12,14,18,22,24H,4,6-8,13,15-17H2,1-2H3/t22-,24+/m1/s1. The molecule has 0 N–H and O–H groups in total. The average molecular weight is 437 g/mol. The number of carbonyl (C=O) groups is 2. The van der Waals surface area contributed by atoms with E-state index in [0.29, 0.717) is 35.7 Å². The number of hydrogen-bond acceptors (Lipinski definition) is 4. The van der Waals surface area contributed by atoms with Gasteiger partial charge in [0.15, 0.2) is 0 Å². The second-order valence-corrected chi connectivity index (χ2v) is 8.67. The van der Waals surface area contributed by atoms with Crippen LogP contribution in [0.5, 0.6) is 11.5 Å². The second kappa shape index (κ2) is 10.1. The van der Waals surface area contributed by atoms with Crippen LogP contribution < -0.4 is 9.47 Å². The lowest BCUT2D eigenvalue weighted by atomic mass is 9.90. The molecule has 2 amide bonds. The molecule has 0 radical (unpaired) electrons. The number of ether oxygens (including phenoxy) is 2. The molecule has 2 atom stereocenters. The first kappa shape index (κ1) is 22.2. The quantitative estimate of drug-likeness (QED) is 0.700. The van der Waals surface area contributed by atoms with E-state index in [1.54, 1.807) is 18.1 Å². The van der Waals surface area contributed by atoms with Gasteiger partial charge in [0.2, 0.25) is 0 Å². The number of nitrogens with zero attached hydrogens (tertiary/aromatic N) is 2. The Morgan fingerprint density at radius 1 is 1.00 bits per heavy atom. The number of hydrogen-bond donors (Lipinski definition) is 0. The van der Waals surface area contributed by atoms with Crippen molar-refractivity contribution in [1.82, 2.24) is 9.80 Å². The Morgan fingerprint density at radius 2 is 1.78 bits per heavy atom. The van der Waals surface area contributed by atoms with Gasteiger partial charge < -0.3 is 19.3 Å². The van der Waals surface area contributed by atoms with Gasteiger partial charge in [-0.15, -0.1) is 0 Å². The molecule has 0 bridgehead atoms. The highest BCUT2D eigenvalue weighted by molar-refractivity contribution is 5.97. The lowest BCUT2D eigenvalue weighted by Crippen LogP contribution is -2.51. The third-order valence-corrected chi connectivity index (χ3v) is 6.53. The van der Waals surface area contributed by atoms with Crippen LogP contribution >= 0.6 is 0 Å². The summed E-state index contributed by atoms with van der Waals surface area (Å²) in [5, 5.41) is 0. The molecule has 170 valence electrons. The summed E-state index contributed by atoms with van der Waals surface area (Å²) in [6.07, 6.45) is 5.41. The van der Waals surface area contributed by atoms with Crippen molar-refractivity contribution in [3.63, 3.8) is 0 Å². The maximum absolute atomic E-state index is 13.7. The Hall–Kier alpha value is -3.02. The molecule has 6 heteroatoms. The third kappa shape index (κ3) is 4.74. The highest BCUT2D eigenvalue weighted by Gasteiger charge is 2.35. The van der Waals surface area contributed by atoms with Crippen LogP contribution in [0, 0.1) is 0 Å².